The third kappa shape index (κ3) is 4.09. The summed E-state index contributed by atoms with van der Waals surface area (Å²) in [6.07, 6.45) is 0. The number of hydrogen-bond donors (Lipinski definition) is 2. The molecule has 0 aliphatic rings. The number of anilines is 1. The Balaban J connectivity index is 2.23. The van der Waals surface area contributed by atoms with E-state index < -0.39 is 0 Å². The van der Waals surface area contributed by atoms with Crippen LogP contribution in [0.4, 0.5) is 11.6 Å². The molecule has 0 saturated carbocycles. The SMILES string of the molecule is COc1ccc(-c2c/c(=N/c3c(C)cc(C)cc3C)n(C)c(NN)n2)cc1OC. The Kier molecular flexibility index (Phi) is 5.89. The molecular formula is C22H27N5O2. The summed E-state index contributed by atoms with van der Waals surface area (Å²) >= 11 is 0. The van der Waals surface area contributed by atoms with E-state index in [9.17, 15) is 0 Å². The van der Waals surface area contributed by atoms with E-state index in [0.717, 1.165) is 33.6 Å². The molecule has 0 radical (unpaired) electrons. The predicted octanol–water partition coefficient (Wildman–Crippen LogP) is 3.55. The van der Waals surface area contributed by atoms with E-state index in [1.807, 2.05) is 35.9 Å². The Hall–Kier alpha value is -3.32. The monoisotopic (exact) mass is 393 g/mol. The van der Waals surface area contributed by atoms with Crippen LogP contribution < -0.4 is 26.2 Å². The molecule has 0 spiro atoms. The van der Waals surface area contributed by atoms with Crippen molar-refractivity contribution in [2.24, 2.45) is 17.9 Å². The maximum atomic E-state index is 5.72. The highest BCUT2D eigenvalue weighted by Crippen LogP contribution is 2.31. The largest absolute Gasteiger partial charge is 0.493 e. The molecule has 0 atom stereocenters. The zero-order valence-electron chi connectivity index (χ0n) is 17.7. The molecule has 0 amide bonds. The second kappa shape index (κ2) is 8.36. The Morgan fingerprint density at radius 3 is 2.21 bits per heavy atom. The van der Waals surface area contributed by atoms with Crippen LogP contribution in [0.3, 0.4) is 0 Å². The number of nitrogen functional groups attached to an aromatic ring is 1. The molecule has 3 rings (SSSR count). The maximum absolute atomic E-state index is 5.72. The van der Waals surface area contributed by atoms with Gasteiger partial charge in [0.1, 0.15) is 5.49 Å². The highest BCUT2D eigenvalue weighted by molar-refractivity contribution is 5.65. The van der Waals surface area contributed by atoms with Gasteiger partial charge in [-0.15, -0.1) is 0 Å². The molecule has 152 valence electrons. The molecule has 0 aliphatic heterocycles. The van der Waals surface area contributed by atoms with Gasteiger partial charge in [-0.05, 0) is 50.1 Å². The minimum Gasteiger partial charge on any atom is -0.493 e. The van der Waals surface area contributed by atoms with Gasteiger partial charge in [0, 0.05) is 18.7 Å². The molecule has 7 nitrogen and oxygen atoms in total. The molecule has 3 aromatic rings. The topological polar surface area (TPSA) is 86.7 Å². The molecular weight excluding hydrogens is 366 g/mol. The fourth-order valence-electron chi connectivity index (χ4n) is 3.39. The number of benzene rings is 2. The number of ether oxygens (including phenoxy) is 2. The van der Waals surface area contributed by atoms with Crippen molar-refractivity contribution in [2.75, 3.05) is 19.6 Å². The Morgan fingerprint density at radius 2 is 1.62 bits per heavy atom. The van der Waals surface area contributed by atoms with Crippen molar-refractivity contribution in [2.45, 2.75) is 20.8 Å². The van der Waals surface area contributed by atoms with Gasteiger partial charge >= 0.3 is 0 Å². The predicted molar refractivity (Wildman–Crippen MR) is 115 cm³/mol. The van der Waals surface area contributed by atoms with E-state index in [0.29, 0.717) is 17.4 Å². The molecule has 7 heteroatoms. The third-order valence-electron chi connectivity index (χ3n) is 4.82. The van der Waals surface area contributed by atoms with Crippen LogP contribution in [0.15, 0.2) is 41.4 Å². The summed E-state index contributed by atoms with van der Waals surface area (Å²) < 4.78 is 12.6. The van der Waals surface area contributed by atoms with Crippen molar-refractivity contribution in [1.82, 2.24) is 9.55 Å². The second-order valence-electron chi connectivity index (χ2n) is 6.96. The fourth-order valence-corrected chi connectivity index (χ4v) is 3.39. The van der Waals surface area contributed by atoms with Crippen LogP contribution in [0.5, 0.6) is 11.5 Å². The molecule has 0 aliphatic carbocycles. The van der Waals surface area contributed by atoms with Gasteiger partial charge in [-0.2, -0.15) is 0 Å². The van der Waals surface area contributed by atoms with Crippen molar-refractivity contribution >= 4 is 11.6 Å². The highest BCUT2D eigenvalue weighted by Gasteiger charge is 2.11. The Labute approximate surface area is 170 Å². The maximum Gasteiger partial charge on any atom is 0.219 e. The summed E-state index contributed by atoms with van der Waals surface area (Å²) in [6.45, 7) is 6.22. The van der Waals surface area contributed by atoms with Gasteiger partial charge in [0.05, 0.1) is 25.6 Å². The van der Waals surface area contributed by atoms with E-state index in [4.69, 9.17) is 20.3 Å². The van der Waals surface area contributed by atoms with Crippen LogP contribution in [-0.2, 0) is 7.05 Å². The molecule has 1 aromatic heterocycles. The third-order valence-corrected chi connectivity index (χ3v) is 4.82. The minimum atomic E-state index is 0.499. The van der Waals surface area contributed by atoms with Gasteiger partial charge in [0.2, 0.25) is 5.95 Å². The van der Waals surface area contributed by atoms with Crippen LogP contribution in [0, 0.1) is 20.8 Å². The summed E-state index contributed by atoms with van der Waals surface area (Å²) in [5.74, 6) is 7.51. The number of aromatic nitrogens is 2. The number of aryl methyl sites for hydroxylation is 3. The number of hydrogen-bond acceptors (Lipinski definition) is 6. The Morgan fingerprint density at radius 1 is 0.966 bits per heavy atom. The minimum absolute atomic E-state index is 0.499. The van der Waals surface area contributed by atoms with Crippen molar-refractivity contribution in [3.63, 3.8) is 0 Å². The van der Waals surface area contributed by atoms with E-state index in [1.165, 1.54) is 5.56 Å². The molecule has 1 heterocycles. The number of rotatable bonds is 5. The molecule has 0 unspecified atom stereocenters. The van der Waals surface area contributed by atoms with Crippen molar-refractivity contribution in [1.29, 1.82) is 0 Å². The van der Waals surface area contributed by atoms with E-state index in [1.54, 1.807) is 14.2 Å². The van der Waals surface area contributed by atoms with Crippen molar-refractivity contribution < 1.29 is 9.47 Å². The average Bonchev–Trinajstić information content (AvgIpc) is 2.71. The average molecular weight is 393 g/mol. The van der Waals surface area contributed by atoms with Gasteiger partial charge in [0.15, 0.2) is 11.5 Å². The van der Waals surface area contributed by atoms with E-state index in [-0.39, 0.29) is 0 Å². The first-order valence-electron chi connectivity index (χ1n) is 9.27. The summed E-state index contributed by atoms with van der Waals surface area (Å²) in [5.41, 5.74) is 9.37. The summed E-state index contributed by atoms with van der Waals surface area (Å²) in [5, 5.41) is 0. The summed E-state index contributed by atoms with van der Waals surface area (Å²) in [4.78, 5) is 9.55. The summed E-state index contributed by atoms with van der Waals surface area (Å²) in [6, 6.07) is 11.8. The van der Waals surface area contributed by atoms with Crippen LogP contribution in [0.2, 0.25) is 0 Å². The fraction of sp³-hybridized carbons (Fsp3) is 0.273. The van der Waals surface area contributed by atoms with Crippen molar-refractivity contribution in [3.05, 3.63) is 58.6 Å². The standard InChI is InChI=1S/C22H27N5O2/c1-13-9-14(2)21(15(3)10-13)25-20-12-17(24-22(26-23)27(20)4)16-7-8-18(28-5)19(11-16)29-6/h7-12H,23H2,1-6H3,(H,24,26)/b25-20-. The van der Waals surface area contributed by atoms with Gasteiger partial charge in [-0.25, -0.2) is 15.8 Å². The first-order valence-corrected chi connectivity index (χ1v) is 9.27. The number of nitrogens with two attached hydrogens (primary N) is 1. The first kappa shape index (κ1) is 20.4. The van der Waals surface area contributed by atoms with Gasteiger partial charge in [0.25, 0.3) is 0 Å². The van der Waals surface area contributed by atoms with E-state index >= 15 is 0 Å². The van der Waals surface area contributed by atoms with Gasteiger partial charge < -0.3 is 9.47 Å². The van der Waals surface area contributed by atoms with E-state index in [2.05, 4.69) is 43.3 Å². The molecule has 0 bridgehead atoms. The zero-order chi connectivity index (χ0) is 21.1. The number of nitrogens with one attached hydrogen (secondary N) is 1. The van der Waals surface area contributed by atoms with Gasteiger partial charge in [-0.3, -0.25) is 9.99 Å². The van der Waals surface area contributed by atoms with Crippen LogP contribution in [0.1, 0.15) is 16.7 Å². The van der Waals surface area contributed by atoms with Crippen molar-refractivity contribution in [3.8, 4) is 22.8 Å². The lowest BCUT2D eigenvalue weighted by molar-refractivity contribution is 0.355. The first-order chi connectivity index (χ1) is 13.9. The quantitative estimate of drug-likeness (QED) is 0.511. The zero-order valence-corrected chi connectivity index (χ0v) is 17.7. The van der Waals surface area contributed by atoms with Crippen LogP contribution in [0.25, 0.3) is 11.3 Å². The molecule has 0 saturated heterocycles. The molecule has 3 N–H and O–H groups in total. The number of nitrogens with zero attached hydrogens (tertiary/aromatic N) is 3. The number of methoxy groups -OCH3 is 2. The molecule has 2 aromatic carbocycles. The van der Waals surface area contributed by atoms with Crippen LogP contribution in [-0.4, -0.2) is 23.8 Å². The Bertz CT molecular complexity index is 1100. The summed E-state index contributed by atoms with van der Waals surface area (Å²) in [7, 11) is 5.09. The van der Waals surface area contributed by atoms with Gasteiger partial charge in [-0.1, -0.05) is 17.7 Å². The lowest BCUT2D eigenvalue weighted by atomic mass is 10.1. The molecule has 0 fully saturated rings. The number of hydrazine groups is 1. The smallest absolute Gasteiger partial charge is 0.219 e. The highest BCUT2D eigenvalue weighted by atomic mass is 16.5. The lowest BCUT2D eigenvalue weighted by Gasteiger charge is -2.13. The normalized spacial score (nSPS) is 11.5. The second-order valence-corrected chi connectivity index (χ2v) is 6.96. The van der Waals surface area contributed by atoms with Crippen LogP contribution >= 0.6 is 0 Å². The molecule has 29 heavy (non-hydrogen) atoms. The lowest BCUT2D eigenvalue weighted by Crippen LogP contribution is -2.25.